The molecule has 3 aliphatic heterocycles. The number of hydrogen-bond donors (Lipinski definition) is 4. The van der Waals surface area contributed by atoms with Crippen molar-refractivity contribution in [3.63, 3.8) is 0 Å². The van der Waals surface area contributed by atoms with Crippen molar-refractivity contribution in [2.45, 2.75) is 110 Å². The number of Topliss-reactive ketones (excluding diaryl/α,β-unsaturated/α-hetero) is 2. The Bertz CT molecular complexity index is 2020. The van der Waals surface area contributed by atoms with Crippen LogP contribution in [-0.2, 0) is 25.5 Å². The van der Waals surface area contributed by atoms with Crippen LogP contribution in [0.15, 0.2) is 58.5 Å². The number of phenols is 1. The van der Waals surface area contributed by atoms with Gasteiger partial charge in [-0.15, -0.1) is 0 Å². The van der Waals surface area contributed by atoms with Crippen LogP contribution in [-0.4, -0.2) is 63.2 Å². The van der Waals surface area contributed by atoms with Crippen molar-refractivity contribution < 1.29 is 43.6 Å². The molecule has 7 rings (SSSR count). The average Bonchev–Trinajstić information content (AvgIpc) is 3.25. The zero-order valence-electron chi connectivity index (χ0n) is 33.4. The molecule has 4 fully saturated rings. The minimum absolute atomic E-state index is 0.0000414. The molecule has 55 heavy (non-hydrogen) atoms. The normalized spacial score (nSPS) is 31.7. The number of ketones is 2. The number of amidine groups is 1. The lowest BCUT2D eigenvalue weighted by atomic mass is 9.41. The van der Waals surface area contributed by atoms with Crippen molar-refractivity contribution in [3.8, 4) is 17.2 Å². The predicted octanol–water partition coefficient (Wildman–Crippen LogP) is 6.47. The molecule has 8 unspecified atom stereocenters. The Labute approximate surface area is 323 Å². The number of ether oxygens (including phenoxy) is 4. The second-order valence-electron chi connectivity index (χ2n) is 17.1. The van der Waals surface area contributed by atoms with Crippen LogP contribution >= 0.6 is 0 Å². The van der Waals surface area contributed by atoms with Gasteiger partial charge < -0.3 is 40.7 Å². The number of methoxy groups -OCH3 is 1. The standard InChI is InChI=1S/C43H55N3O9/c1-21(2)12-11-17-41(9)18-16-25-33(47)31-34(48)32-30(29(24(6)44)38(45)46-51)27-20-28-40(7,8)55-42(37(27)49,19-15-23(5)39(50)52-10)43(28,32)54-36(31)26(35(25)53-41)14-13-22(3)4/h12-13,15-16,18,27-30,32,47,51H,6,11,14,17,19-20,44H2,1-5,7-10H3,(H2,45,46)/b23-15-. The first-order valence-electron chi connectivity index (χ1n) is 18.9. The summed E-state index contributed by atoms with van der Waals surface area (Å²) in [4.78, 5) is 43.6. The van der Waals surface area contributed by atoms with E-state index < -0.39 is 63.7 Å². The third-order valence-corrected chi connectivity index (χ3v) is 12.5. The Hall–Kier alpha value is -4.84. The van der Waals surface area contributed by atoms with Crippen LogP contribution in [0, 0.1) is 29.6 Å². The van der Waals surface area contributed by atoms with Crippen molar-refractivity contribution in [1.29, 1.82) is 0 Å². The number of esters is 1. The molecule has 4 bridgehead atoms. The molecule has 0 amide bonds. The average molecular weight is 758 g/mol. The van der Waals surface area contributed by atoms with E-state index in [1.54, 1.807) is 19.1 Å². The second kappa shape index (κ2) is 13.7. The van der Waals surface area contributed by atoms with Gasteiger partial charge in [-0.1, -0.05) is 41.1 Å². The number of allylic oxidation sites excluding steroid dienone is 4. The summed E-state index contributed by atoms with van der Waals surface area (Å²) in [6.07, 6.45) is 11.2. The van der Waals surface area contributed by atoms with E-state index in [0.717, 1.165) is 12.0 Å². The lowest BCUT2D eigenvalue weighted by Gasteiger charge is -2.64. The molecule has 12 nitrogen and oxygen atoms in total. The van der Waals surface area contributed by atoms with Crippen molar-refractivity contribution >= 4 is 29.4 Å². The van der Waals surface area contributed by atoms with Gasteiger partial charge in [0.1, 0.15) is 34.2 Å². The van der Waals surface area contributed by atoms with Crippen LogP contribution in [0.2, 0.25) is 0 Å². The van der Waals surface area contributed by atoms with Crippen LogP contribution in [0.5, 0.6) is 17.2 Å². The molecule has 1 aromatic rings. The SMILES string of the molecule is C=C(N)C(/C(N)=N\O)C1C2CC3C(C)(C)OC(C/C=C(/C)C(=O)OC)(C2=O)C32Oc3c(CC=C(C)C)c4c(c(O)c3C(=O)C12)C=CC(C)(CCC=C(C)C)O4. The number of oxime groups is 1. The third-order valence-electron chi connectivity index (χ3n) is 12.5. The number of carbonyl (C=O) groups is 3. The lowest BCUT2D eigenvalue weighted by molar-refractivity contribution is -0.213. The molecule has 1 aromatic carbocycles. The van der Waals surface area contributed by atoms with Gasteiger partial charge in [-0.25, -0.2) is 4.79 Å². The highest BCUT2D eigenvalue weighted by molar-refractivity contribution is 6.10. The Morgan fingerprint density at radius 3 is 2.35 bits per heavy atom. The monoisotopic (exact) mass is 757 g/mol. The van der Waals surface area contributed by atoms with Crippen LogP contribution < -0.4 is 20.9 Å². The van der Waals surface area contributed by atoms with E-state index in [0.29, 0.717) is 23.3 Å². The number of phenolic OH excluding ortho intramolecular Hbond substituents is 1. The van der Waals surface area contributed by atoms with Crippen molar-refractivity contribution in [3.05, 3.63) is 70.0 Å². The zero-order chi connectivity index (χ0) is 40.6. The van der Waals surface area contributed by atoms with Gasteiger partial charge in [0.25, 0.3) is 0 Å². The number of fused-ring (bicyclic) bond motifs is 2. The molecular weight excluding hydrogens is 702 g/mol. The highest BCUT2D eigenvalue weighted by Gasteiger charge is 2.86. The zero-order valence-corrected chi connectivity index (χ0v) is 33.4. The smallest absolute Gasteiger partial charge is 0.333 e. The summed E-state index contributed by atoms with van der Waals surface area (Å²) in [5.74, 6) is -6.24. The Balaban J connectivity index is 1.68. The van der Waals surface area contributed by atoms with Crippen molar-refractivity contribution in [2.75, 3.05) is 7.11 Å². The molecule has 3 saturated carbocycles. The molecule has 6 N–H and O–H groups in total. The fraction of sp³-hybridized carbons (Fsp3) is 0.535. The maximum atomic E-state index is 15.7. The van der Waals surface area contributed by atoms with E-state index in [1.165, 1.54) is 12.7 Å². The van der Waals surface area contributed by atoms with Gasteiger partial charge in [-0.2, -0.15) is 0 Å². The van der Waals surface area contributed by atoms with E-state index in [2.05, 4.69) is 17.8 Å². The molecule has 0 aromatic heterocycles. The maximum Gasteiger partial charge on any atom is 0.333 e. The highest BCUT2D eigenvalue weighted by atomic mass is 16.6. The Morgan fingerprint density at radius 2 is 1.75 bits per heavy atom. The van der Waals surface area contributed by atoms with Gasteiger partial charge in [0.2, 0.25) is 0 Å². The number of hydrogen-bond acceptors (Lipinski definition) is 11. The number of carbonyl (C=O) groups excluding carboxylic acids is 3. The van der Waals surface area contributed by atoms with E-state index in [-0.39, 0.29) is 59.2 Å². The summed E-state index contributed by atoms with van der Waals surface area (Å²) >= 11 is 0. The van der Waals surface area contributed by atoms with E-state index in [1.807, 2.05) is 60.6 Å². The fourth-order valence-corrected chi connectivity index (χ4v) is 10.1. The van der Waals surface area contributed by atoms with E-state index in [9.17, 15) is 15.1 Å². The van der Waals surface area contributed by atoms with Gasteiger partial charge in [0.05, 0.1) is 30.1 Å². The predicted molar refractivity (Wildman–Crippen MR) is 208 cm³/mol. The van der Waals surface area contributed by atoms with Gasteiger partial charge in [-0.05, 0) is 99.1 Å². The number of aromatic hydroxyl groups is 1. The third kappa shape index (κ3) is 5.90. The summed E-state index contributed by atoms with van der Waals surface area (Å²) in [7, 11) is 1.27. The minimum atomic E-state index is -1.78. The second-order valence-corrected chi connectivity index (χ2v) is 17.1. The summed E-state index contributed by atoms with van der Waals surface area (Å²) in [5, 5.41) is 25.4. The minimum Gasteiger partial charge on any atom is -0.506 e. The summed E-state index contributed by atoms with van der Waals surface area (Å²) in [6.45, 7) is 19.3. The van der Waals surface area contributed by atoms with Crippen LogP contribution in [0.4, 0.5) is 0 Å². The molecule has 3 heterocycles. The van der Waals surface area contributed by atoms with Crippen LogP contribution in [0.25, 0.3) is 6.08 Å². The van der Waals surface area contributed by atoms with Gasteiger partial charge in [0.15, 0.2) is 22.8 Å². The first-order valence-corrected chi connectivity index (χ1v) is 18.9. The number of nitrogens with zero attached hydrogens (tertiary/aromatic N) is 1. The van der Waals surface area contributed by atoms with Crippen molar-refractivity contribution in [2.24, 2.45) is 46.2 Å². The maximum absolute atomic E-state index is 15.7. The molecule has 6 aliphatic rings. The van der Waals surface area contributed by atoms with E-state index in [4.69, 9.17) is 30.4 Å². The summed E-state index contributed by atoms with van der Waals surface area (Å²) < 4.78 is 26.2. The fourth-order valence-electron chi connectivity index (χ4n) is 10.1. The summed E-state index contributed by atoms with van der Waals surface area (Å²) in [6, 6.07) is 0. The van der Waals surface area contributed by atoms with Crippen molar-refractivity contribution in [1.82, 2.24) is 0 Å². The molecular formula is C43H55N3O9. The highest BCUT2D eigenvalue weighted by Crippen LogP contribution is 2.72. The Kier molecular flexibility index (Phi) is 9.94. The first-order chi connectivity index (χ1) is 25.7. The van der Waals surface area contributed by atoms with Gasteiger partial charge in [0, 0.05) is 35.1 Å². The van der Waals surface area contributed by atoms with Crippen LogP contribution in [0.3, 0.4) is 0 Å². The van der Waals surface area contributed by atoms with Gasteiger partial charge in [-0.3, -0.25) is 9.59 Å². The number of benzene rings is 1. The largest absolute Gasteiger partial charge is 0.506 e. The molecule has 8 atom stereocenters. The number of rotatable bonds is 11. The quantitative estimate of drug-likeness (QED) is 0.0368. The van der Waals surface area contributed by atoms with Crippen LogP contribution in [0.1, 0.15) is 103 Å². The molecule has 3 aliphatic carbocycles. The lowest BCUT2D eigenvalue weighted by Crippen LogP contribution is -2.79. The first kappa shape index (κ1) is 39.8. The molecule has 12 heteroatoms. The number of nitrogens with two attached hydrogens (primary N) is 2. The topological polar surface area (TPSA) is 193 Å². The van der Waals surface area contributed by atoms with E-state index >= 15 is 9.59 Å². The molecule has 0 radical (unpaired) electrons. The molecule has 1 saturated heterocycles. The summed E-state index contributed by atoms with van der Waals surface area (Å²) in [5.41, 5.74) is 10.7. The Morgan fingerprint density at radius 1 is 1.07 bits per heavy atom. The molecule has 1 spiro atoms. The van der Waals surface area contributed by atoms with Gasteiger partial charge >= 0.3 is 5.97 Å². The molecule has 296 valence electrons.